The Morgan fingerprint density at radius 3 is 2.35 bits per heavy atom. The fourth-order valence-corrected chi connectivity index (χ4v) is 7.29. The minimum Gasteiger partial charge on any atom is -0.504 e. The number of aliphatic hydroxyl groups is 2. The van der Waals surface area contributed by atoms with Crippen LogP contribution in [0.1, 0.15) is 60.3 Å². The van der Waals surface area contributed by atoms with Crippen molar-refractivity contribution in [3.05, 3.63) is 23.5 Å². The van der Waals surface area contributed by atoms with Gasteiger partial charge >= 0.3 is 0 Å². The normalized spacial score (nSPS) is 49.7. The molecule has 4 aliphatic carbocycles. The Balaban J connectivity index is 1.88. The van der Waals surface area contributed by atoms with Crippen molar-refractivity contribution in [2.75, 3.05) is 0 Å². The van der Waals surface area contributed by atoms with Crippen molar-refractivity contribution >= 4 is 11.6 Å². The molecule has 0 aromatic heterocycles. The van der Waals surface area contributed by atoms with Crippen LogP contribution in [0.25, 0.3) is 0 Å². The first kappa shape index (κ1) is 18.0. The smallest absolute Gasteiger partial charge is 0.264 e. The van der Waals surface area contributed by atoms with Crippen molar-refractivity contribution in [1.82, 2.24) is 0 Å². The molecule has 0 heterocycles. The quantitative estimate of drug-likeness (QED) is 0.647. The number of hydrogen-bond acceptors (Lipinski definition) is 4. The Bertz CT molecular complexity index is 775. The highest BCUT2D eigenvalue weighted by molar-refractivity contribution is 6.48. The van der Waals surface area contributed by atoms with Crippen LogP contribution in [0.2, 0.25) is 0 Å². The maximum absolute atomic E-state index is 13.0. The average Bonchev–Trinajstić information content (AvgIpc) is 2.74. The second kappa shape index (κ2) is 4.89. The van der Waals surface area contributed by atoms with Crippen molar-refractivity contribution in [2.45, 2.75) is 66.4 Å². The molecule has 0 unspecified atom stereocenters. The molecular weight excluding hydrogens is 328 g/mol. The monoisotopic (exact) mass is 358 g/mol. The molecule has 0 aliphatic heterocycles. The third-order valence-electron chi connectivity index (χ3n) is 9.13. The van der Waals surface area contributed by atoms with E-state index in [4.69, 9.17) is 0 Å². The molecule has 0 aromatic rings. The van der Waals surface area contributed by atoms with Gasteiger partial charge in [0.05, 0.1) is 11.5 Å². The third kappa shape index (κ3) is 1.70. The highest BCUT2D eigenvalue weighted by Crippen LogP contribution is 2.71. The zero-order valence-electron chi connectivity index (χ0n) is 16.4. The number of allylic oxidation sites excluding steroid dienone is 4. The second-order valence-corrected chi connectivity index (χ2v) is 10.3. The van der Waals surface area contributed by atoms with Gasteiger partial charge in [-0.25, -0.2) is 0 Å². The van der Waals surface area contributed by atoms with Gasteiger partial charge in [0.2, 0.25) is 5.78 Å². The molecule has 0 aromatic carbocycles. The van der Waals surface area contributed by atoms with Gasteiger partial charge in [0.25, 0.3) is 5.78 Å². The molecule has 0 amide bonds. The van der Waals surface area contributed by atoms with Crippen LogP contribution in [-0.2, 0) is 9.59 Å². The van der Waals surface area contributed by atoms with Crippen LogP contribution in [0.5, 0.6) is 0 Å². The van der Waals surface area contributed by atoms with Gasteiger partial charge in [-0.15, -0.1) is 0 Å². The predicted octanol–water partition coefficient (Wildman–Crippen LogP) is 3.75. The van der Waals surface area contributed by atoms with Gasteiger partial charge in [-0.2, -0.15) is 0 Å². The molecule has 2 fully saturated rings. The summed E-state index contributed by atoms with van der Waals surface area (Å²) in [5.74, 6) is -1.06. The molecule has 2 N–H and O–H groups in total. The Labute approximate surface area is 155 Å². The zero-order chi connectivity index (χ0) is 19.3. The van der Waals surface area contributed by atoms with E-state index in [0.29, 0.717) is 11.5 Å². The highest BCUT2D eigenvalue weighted by Gasteiger charge is 2.69. The molecule has 0 spiro atoms. The molecule has 26 heavy (non-hydrogen) atoms. The van der Waals surface area contributed by atoms with E-state index >= 15 is 0 Å². The van der Waals surface area contributed by atoms with E-state index < -0.39 is 22.4 Å². The fourth-order valence-electron chi connectivity index (χ4n) is 7.29. The largest absolute Gasteiger partial charge is 0.504 e. The maximum Gasteiger partial charge on any atom is 0.264 e. The van der Waals surface area contributed by atoms with Gasteiger partial charge in [0.1, 0.15) is 0 Å². The summed E-state index contributed by atoms with van der Waals surface area (Å²) >= 11 is 0. The Morgan fingerprint density at radius 2 is 1.69 bits per heavy atom. The van der Waals surface area contributed by atoms with Crippen LogP contribution in [-0.4, -0.2) is 27.9 Å². The molecule has 6 atom stereocenters. The number of fused-ring (bicyclic) bond motifs is 5. The van der Waals surface area contributed by atoms with E-state index in [0.717, 1.165) is 25.7 Å². The molecule has 4 aliphatic rings. The molecule has 0 radical (unpaired) electrons. The summed E-state index contributed by atoms with van der Waals surface area (Å²) in [5, 5.41) is 20.9. The van der Waals surface area contributed by atoms with E-state index in [9.17, 15) is 19.8 Å². The second-order valence-electron chi connectivity index (χ2n) is 10.3. The van der Waals surface area contributed by atoms with Crippen LogP contribution < -0.4 is 0 Å². The van der Waals surface area contributed by atoms with Crippen LogP contribution in [0.15, 0.2) is 23.5 Å². The number of Topliss-reactive ketones (excluding diaryl/α,β-unsaturated/α-hetero) is 2. The number of rotatable bonds is 0. The first-order valence-electron chi connectivity index (χ1n) is 9.81. The number of aliphatic hydroxyl groups excluding tert-OH is 2. The van der Waals surface area contributed by atoms with Gasteiger partial charge in [-0.05, 0) is 60.7 Å². The standard InChI is InChI=1S/C22H30O4/c1-19(2)13-8-11-21(4)14(20(13,3)10-9-15(19)23)7-6-12-16(24)17(25)18(26)22(12,21)5/h6-7,13-15,23-24H,8-11H2,1-5H3/t13-,14-,15+,20+,21-,22+/m1/s1. The molecule has 0 saturated heterocycles. The van der Waals surface area contributed by atoms with Crippen LogP contribution in [0.3, 0.4) is 0 Å². The first-order chi connectivity index (χ1) is 11.9. The number of ketones is 2. The third-order valence-corrected chi connectivity index (χ3v) is 9.13. The van der Waals surface area contributed by atoms with E-state index in [1.807, 2.05) is 13.0 Å². The number of hydrogen-bond donors (Lipinski definition) is 2. The average molecular weight is 358 g/mol. The number of carbonyl (C=O) groups excluding carboxylic acids is 2. The summed E-state index contributed by atoms with van der Waals surface area (Å²) in [6, 6.07) is 0. The van der Waals surface area contributed by atoms with E-state index in [1.165, 1.54) is 0 Å². The lowest BCUT2D eigenvalue weighted by atomic mass is 9.37. The Hall–Kier alpha value is -1.42. The van der Waals surface area contributed by atoms with Crippen molar-refractivity contribution < 1.29 is 19.8 Å². The lowest BCUT2D eigenvalue weighted by Gasteiger charge is -2.66. The Morgan fingerprint density at radius 1 is 1.04 bits per heavy atom. The summed E-state index contributed by atoms with van der Waals surface area (Å²) in [4.78, 5) is 25.2. The predicted molar refractivity (Wildman–Crippen MR) is 98.4 cm³/mol. The van der Waals surface area contributed by atoms with Crippen LogP contribution in [0.4, 0.5) is 0 Å². The lowest BCUT2D eigenvalue weighted by Crippen LogP contribution is -2.63. The minimum atomic E-state index is -0.957. The van der Waals surface area contributed by atoms with Gasteiger partial charge in [0, 0.05) is 5.57 Å². The minimum absolute atomic E-state index is 0.0394. The number of carbonyl (C=O) groups is 2. The summed E-state index contributed by atoms with van der Waals surface area (Å²) in [6.45, 7) is 10.6. The SMILES string of the molecule is CC1(C)[C@H]2CC[C@]3(C)[C@H](C=CC4=C(O)C(=O)C(=O)[C@]43C)[C@@]2(C)CC[C@@H]1O. The topological polar surface area (TPSA) is 74.6 Å². The van der Waals surface area contributed by atoms with Crippen molar-refractivity contribution in [3.63, 3.8) is 0 Å². The first-order valence-corrected chi connectivity index (χ1v) is 9.81. The highest BCUT2D eigenvalue weighted by atomic mass is 16.3. The molecule has 142 valence electrons. The van der Waals surface area contributed by atoms with Gasteiger partial charge < -0.3 is 10.2 Å². The van der Waals surface area contributed by atoms with E-state index in [1.54, 1.807) is 0 Å². The van der Waals surface area contributed by atoms with Gasteiger partial charge in [-0.3, -0.25) is 9.59 Å². The molecule has 0 bridgehead atoms. The van der Waals surface area contributed by atoms with Gasteiger partial charge in [-0.1, -0.05) is 39.8 Å². The summed E-state index contributed by atoms with van der Waals surface area (Å²) in [7, 11) is 0. The van der Waals surface area contributed by atoms with Crippen molar-refractivity contribution in [1.29, 1.82) is 0 Å². The summed E-state index contributed by atoms with van der Waals surface area (Å²) < 4.78 is 0. The molecule has 4 heteroatoms. The summed E-state index contributed by atoms with van der Waals surface area (Å²) in [6.07, 6.45) is 7.07. The lowest BCUT2D eigenvalue weighted by molar-refractivity contribution is -0.181. The van der Waals surface area contributed by atoms with Crippen molar-refractivity contribution in [2.24, 2.45) is 33.5 Å². The molecule has 2 saturated carbocycles. The van der Waals surface area contributed by atoms with E-state index in [-0.39, 0.29) is 28.6 Å². The zero-order valence-corrected chi connectivity index (χ0v) is 16.4. The molecular formula is C22H30O4. The van der Waals surface area contributed by atoms with E-state index in [2.05, 4.69) is 33.8 Å². The Kier molecular flexibility index (Phi) is 3.38. The maximum atomic E-state index is 13.0. The molecule has 4 nitrogen and oxygen atoms in total. The molecule has 4 rings (SSSR count). The summed E-state index contributed by atoms with van der Waals surface area (Å²) in [5.41, 5.74) is -1.07. The van der Waals surface area contributed by atoms with Crippen LogP contribution >= 0.6 is 0 Å². The van der Waals surface area contributed by atoms with Crippen molar-refractivity contribution in [3.8, 4) is 0 Å². The fraction of sp³-hybridized carbons (Fsp3) is 0.727. The van der Waals surface area contributed by atoms with Crippen LogP contribution in [0, 0.1) is 33.5 Å². The van der Waals surface area contributed by atoms with Gasteiger partial charge in [0.15, 0.2) is 5.76 Å².